The molecule has 0 spiro atoms. The molecule has 6 aliphatic rings. The van der Waals surface area contributed by atoms with E-state index in [1.54, 1.807) is 0 Å². The van der Waals surface area contributed by atoms with Crippen molar-refractivity contribution in [2.75, 3.05) is 39.6 Å². The number of fused-ring (bicyclic) bond motifs is 11. The molecule has 2 aromatic heterocycles. The molecule has 10 rings (SSSR count). The SMILES string of the molecule is CC12CO[B-](c3c(F)c4c5n[te]nc5c([B-]56OCC(C)(CO5)CO6)c(F)c4c4n[te]nc34)(OC1)OC2. The second kappa shape index (κ2) is 7.45. The number of hydrogen-bond acceptors (Lipinski definition) is 10. The van der Waals surface area contributed by atoms with Gasteiger partial charge in [-0.05, 0) is 0 Å². The average molecular weight is 725 g/mol. The molecule has 0 N–H and O–H groups in total. The van der Waals surface area contributed by atoms with Crippen molar-refractivity contribution in [3.8, 4) is 0 Å². The Morgan fingerprint density at radius 2 is 0.889 bits per heavy atom. The molecule has 2 aromatic carbocycles. The first-order valence-corrected chi connectivity index (χ1v) is 15.8. The van der Waals surface area contributed by atoms with Gasteiger partial charge in [-0.2, -0.15) is 0 Å². The molecule has 0 unspecified atom stereocenters. The maximum absolute atomic E-state index is 16.6. The summed E-state index contributed by atoms with van der Waals surface area (Å²) in [4.78, 5) is 0. The predicted octanol–water partition coefficient (Wildman–Crippen LogP) is -0.423. The van der Waals surface area contributed by atoms with E-state index < -0.39 is 67.1 Å². The van der Waals surface area contributed by atoms with Crippen molar-refractivity contribution in [3.05, 3.63) is 11.6 Å². The Bertz CT molecular complexity index is 1450. The predicted molar refractivity (Wildman–Crippen MR) is 127 cm³/mol. The summed E-state index contributed by atoms with van der Waals surface area (Å²) < 4.78 is 87.7. The Kier molecular flexibility index (Phi) is 4.79. The molecule has 36 heavy (non-hydrogen) atoms. The van der Waals surface area contributed by atoms with Crippen molar-refractivity contribution >= 4 is 99.3 Å². The molecule has 0 aliphatic carbocycles. The Hall–Kier alpha value is -0.771. The average Bonchev–Trinajstić information content (AvgIpc) is 3.55. The minimum atomic E-state index is -2.60. The van der Waals surface area contributed by atoms with Gasteiger partial charge in [0.2, 0.25) is 0 Å². The van der Waals surface area contributed by atoms with Gasteiger partial charge in [-0.15, -0.1) is 0 Å². The van der Waals surface area contributed by atoms with E-state index in [1.165, 1.54) is 0 Å². The monoisotopic (exact) mass is 730 g/mol. The van der Waals surface area contributed by atoms with Crippen molar-refractivity contribution in [2.24, 2.45) is 10.8 Å². The van der Waals surface area contributed by atoms with E-state index in [9.17, 15) is 0 Å². The molecule has 0 saturated carbocycles. The van der Waals surface area contributed by atoms with Crippen molar-refractivity contribution in [2.45, 2.75) is 13.8 Å². The van der Waals surface area contributed by atoms with E-state index in [0.29, 0.717) is 39.6 Å². The third-order valence-electron chi connectivity index (χ3n) is 7.74. The first-order valence-electron chi connectivity index (χ1n) is 11.6. The molecule has 6 saturated heterocycles. The minimum absolute atomic E-state index is 0.00530. The van der Waals surface area contributed by atoms with Crippen molar-refractivity contribution in [3.63, 3.8) is 0 Å². The topological polar surface area (TPSA) is 107 Å². The van der Waals surface area contributed by atoms with Crippen LogP contribution in [0.25, 0.3) is 32.8 Å². The van der Waals surface area contributed by atoms with E-state index in [4.69, 9.17) is 27.9 Å². The summed E-state index contributed by atoms with van der Waals surface area (Å²) in [5.41, 5.74) is 0.519. The Morgan fingerprint density at radius 3 is 1.22 bits per heavy atom. The summed E-state index contributed by atoms with van der Waals surface area (Å²) in [7, 11) is 0. The van der Waals surface area contributed by atoms with Gasteiger partial charge in [-0.1, -0.05) is 0 Å². The zero-order valence-corrected chi connectivity index (χ0v) is 23.9. The fourth-order valence-electron chi connectivity index (χ4n) is 5.75. The summed E-state index contributed by atoms with van der Waals surface area (Å²) in [6, 6.07) is 0. The van der Waals surface area contributed by atoms with Crippen LogP contribution in [0.5, 0.6) is 0 Å². The van der Waals surface area contributed by atoms with E-state index in [0.717, 1.165) is 0 Å². The molecule has 6 aliphatic heterocycles. The molecule has 0 amide bonds. The van der Waals surface area contributed by atoms with Crippen LogP contribution in [0, 0.1) is 22.5 Å². The first-order chi connectivity index (χ1) is 17.3. The molecule has 4 aromatic rings. The normalized spacial score (nSPS) is 36.0. The van der Waals surface area contributed by atoms with Crippen LogP contribution < -0.4 is 10.9 Å². The molecule has 188 valence electrons. The fraction of sp³-hybridized carbons (Fsp3) is 0.500. The van der Waals surface area contributed by atoms with Gasteiger partial charge in [0.1, 0.15) is 0 Å². The van der Waals surface area contributed by atoms with E-state index >= 15 is 8.78 Å². The molecular formula is C20H18B2F2N4O6Te2-2. The summed E-state index contributed by atoms with van der Waals surface area (Å²) in [5.74, 6) is -1.43. The second-order valence-electron chi connectivity index (χ2n) is 10.9. The van der Waals surface area contributed by atoms with Crippen LogP contribution >= 0.6 is 0 Å². The van der Waals surface area contributed by atoms with Crippen LogP contribution in [0.15, 0.2) is 0 Å². The maximum atomic E-state index is 16.6. The number of halogens is 2. The van der Waals surface area contributed by atoms with Gasteiger partial charge in [0.25, 0.3) is 0 Å². The third-order valence-corrected chi connectivity index (χ3v) is 10.8. The Labute approximate surface area is 223 Å². The number of aromatic nitrogens is 4. The van der Waals surface area contributed by atoms with E-state index in [1.807, 2.05) is 13.8 Å². The first kappa shape index (κ1) is 23.1. The van der Waals surface area contributed by atoms with Gasteiger partial charge >= 0.3 is 225 Å². The van der Waals surface area contributed by atoms with Crippen molar-refractivity contribution in [1.82, 2.24) is 12.8 Å². The number of nitrogens with zero attached hydrogens (tertiary/aromatic N) is 4. The molecule has 0 atom stereocenters. The van der Waals surface area contributed by atoms with Crippen LogP contribution in [-0.2, 0) is 27.9 Å². The van der Waals surface area contributed by atoms with E-state index in [-0.39, 0.29) is 54.6 Å². The molecule has 8 heterocycles. The van der Waals surface area contributed by atoms with Crippen LogP contribution in [-0.4, -0.2) is 108 Å². The number of rotatable bonds is 2. The van der Waals surface area contributed by atoms with Crippen LogP contribution in [0.4, 0.5) is 8.78 Å². The van der Waals surface area contributed by atoms with Gasteiger partial charge in [0.15, 0.2) is 0 Å². The summed E-state index contributed by atoms with van der Waals surface area (Å²) in [5, 5.41) is -0.0106. The van der Waals surface area contributed by atoms with Crippen LogP contribution in [0.3, 0.4) is 0 Å². The van der Waals surface area contributed by atoms with Crippen LogP contribution in [0.2, 0.25) is 0 Å². The Morgan fingerprint density at radius 1 is 0.583 bits per heavy atom. The van der Waals surface area contributed by atoms with Gasteiger partial charge in [-0.25, -0.2) is 0 Å². The molecular weight excluding hydrogens is 707 g/mol. The molecule has 10 nitrogen and oxygen atoms in total. The zero-order chi connectivity index (χ0) is 24.5. The standard InChI is InChI=1S/C20H18B2F2N4O6Te2/c1-19-3-29-21(30-4-19,31-5-19)11-13(23)9-10(15-17(11)27-35-25-15)14(24)12(18-16(9)26-36-28-18)22-32-6-20(2,7-33-22)8-34-22/h3-8H2,1-2H3/q-2. The number of hydrogen-bond donors (Lipinski definition) is 0. The van der Waals surface area contributed by atoms with Crippen LogP contribution in [0.1, 0.15) is 13.8 Å². The van der Waals surface area contributed by atoms with Crippen molar-refractivity contribution in [1.29, 1.82) is 0 Å². The van der Waals surface area contributed by atoms with Gasteiger partial charge < -0.3 is 0 Å². The fourth-order valence-corrected chi connectivity index (χ4v) is 8.98. The molecule has 0 radical (unpaired) electrons. The van der Waals surface area contributed by atoms with Gasteiger partial charge in [0, 0.05) is 0 Å². The van der Waals surface area contributed by atoms with Gasteiger partial charge in [-0.3, -0.25) is 0 Å². The third kappa shape index (κ3) is 2.89. The zero-order valence-electron chi connectivity index (χ0n) is 19.2. The summed E-state index contributed by atoms with van der Waals surface area (Å²) >= 11 is -2.55. The number of benzene rings is 2. The summed E-state index contributed by atoms with van der Waals surface area (Å²) in [6.45, 7) is 0.951. The molecule has 16 heteroatoms. The molecule has 4 bridgehead atoms. The Balaban J connectivity index is 1.45. The van der Waals surface area contributed by atoms with Gasteiger partial charge in [0.05, 0.1) is 0 Å². The van der Waals surface area contributed by atoms with E-state index in [2.05, 4.69) is 12.8 Å². The summed E-state index contributed by atoms with van der Waals surface area (Å²) in [6.07, 6.45) is 0. The van der Waals surface area contributed by atoms with Crippen molar-refractivity contribution < 1.29 is 36.7 Å². The quantitative estimate of drug-likeness (QED) is 0.253. The molecule has 6 fully saturated rings. The second-order valence-corrected chi connectivity index (χ2v) is 13.9.